The predicted molar refractivity (Wildman–Crippen MR) is 112 cm³/mol. The first-order chi connectivity index (χ1) is 12.5. The van der Waals surface area contributed by atoms with Crippen LogP contribution in [0, 0.1) is 3.95 Å². The summed E-state index contributed by atoms with van der Waals surface area (Å²) in [5.74, 6) is 0.872. The van der Waals surface area contributed by atoms with E-state index in [1.165, 1.54) is 0 Å². The molecular formula is C18H21N5S3. The second-order valence-corrected chi connectivity index (χ2v) is 9.01. The van der Waals surface area contributed by atoms with Gasteiger partial charge in [0.25, 0.3) is 0 Å². The molecule has 0 aliphatic heterocycles. The molecule has 5 nitrogen and oxygen atoms in total. The molecule has 0 aliphatic carbocycles. The maximum atomic E-state index is 5.44. The van der Waals surface area contributed by atoms with Crippen LogP contribution in [-0.4, -0.2) is 37.3 Å². The van der Waals surface area contributed by atoms with Crippen LogP contribution in [0.1, 0.15) is 12.5 Å². The fourth-order valence-corrected chi connectivity index (χ4v) is 4.54. The summed E-state index contributed by atoms with van der Waals surface area (Å²) in [6.45, 7) is 7.38. The van der Waals surface area contributed by atoms with Gasteiger partial charge in [0.2, 0.25) is 0 Å². The van der Waals surface area contributed by atoms with Crippen molar-refractivity contribution < 1.29 is 0 Å². The van der Waals surface area contributed by atoms with Crippen LogP contribution in [0.15, 0.2) is 59.2 Å². The molecule has 136 valence electrons. The standard InChI is InChI=1S/C18H21N5S3/c1-14(2)12-25-17-20-23(18(24)26-17)13-21(3)10-15-9-19-22(11-15)16-7-5-4-6-8-16/h4-9,11H,1,10,12-13H2,2-3H3. The number of para-hydroxylation sites is 1. The Balaban J connectivity index is 1.61. The van der Waals surface area contributed by atoms with E-state index in [0.717, 1.165) is 37.4 Å². The van der Waals surface area contributed by atoms with Crippen molar-refractivity contribution >= 4 is 35.3 Å². The van der Waals surface area contributed by atoms with Crippen molar-refractivity contribution in [2.45, 2.75) is 24.5 Å². The van der Waals surface area contributed by atoms with Crippen LogP contribution in [0.2, 0.25) is 0 Å². The first kappa shape index (κ1) is 19.0. The second-order valence-electron chi connectivity index (χ2n) is 6.16. The molecule has 2 aromatic heterocycles. The fourth-order valence-electron chi connectivity index (χ4n) is 2.37. The Morgan fingerprint density at radius 2 is 2.12 bits per heavy atom. The van der Waals surface area contributed by atoms with Gasteiger partial charge in [-0.05, 0) is 38.3 Å². The maximum absolute atomic E-state index is 5.44. The third-order valence-corrected chi connectivity index (χ3v) is 6.19. The highest BCUT2D eigenvalue weighted by molar-refractivity contribution is 8.01. The lowest BCUT2D eigenvalue weighted by Crippen LogP contribution is -2.22. The molecule has 0 saturated heterocycles. The van der Waals surface area contributed by atoms with Gasteiger partial charge in [-0.1, -0.05) is 53.4 Å². The van der Waals surface area contributed by atoms with Gasteiger partial charge >= 0.3 is 0 Å². The van der Waals surface area contributed by atoms with Crippen LogP contribution in [0.3, 0.4) is 0 Å². The normalized spacial score (nSPS) is 11.2. The van der Waals surface area contributed by atoms with Crippen LogP contribution in [0.25, 0.3) is 5.69 Å². The van der Waals surface area contributed by atoms with E-state index in [9.17, 15) is 0 Å². The Bertz CT molecular complexity index is 926. The molecule has 0 spiro atoms. The summed E-state index contributed by atoms with van der Waals surface area (Å²) in [6.07, 6.45) is 3.96. The van der Waals surface area contributed by atoms with E-state index < -0.39 is 0 Å². The van der Waals surface area contributed by atoms with E-state index in [1.807, 2.05) is 52.8 Å². The van der Waals surface area contributed by atoms with Crippen molar-refractivity contribution in [1.82, 2.24) is 24.5 Å². The zero-order valence-corrected chi connectivity index (χ0v) is 17.3. The molecule has 26 heavy (non-hydrogen) atoms. The third kappa shape index (κ3) is 5.14. The molecule has 0 fully saturated rings. The molecule has 3 aromatic rings. The molecule has 2 heterocycles. The largest absolute Gasteiger partial charge is 0.283 e. The number of hydrogen-bond acceptors (Lipinski definition) is 6. The molecule has 0 aliphatic rings. The van der Waals surface area contributed by atoms with Gasteiger partial charge in [-0.3, -0.25) is 4.90 Å². The van der Waals surface area contributed by atoms with Crippen LogP contribution >= 0.6 is 35.3 Å². The second kappa shape index (κ2) is 8.77. The van der Waals surface area contributed by atoms with E-state index in [0.29, 0.717) is 6.67 Å². The maximum Gasteiger partial charge on any atom is 0.181 e. The molecular weight excluding hydrogens is 382 g/mol. The average molecular weight is 404 g/mol. The Labute approximate surface area is 167 Å². The zero-order valence-electron chi connectivity index (χ0n) is 14.8. The van der Waals surface area contributed by atoms with Gasteiger partial charge in [0, 0.05) is 24.1 Å². The first-order valence-corrected chi connectivity index (χ1v) is 10.3. The summed E-state index contributed by atoms with van der Waals surface area (Å²) in [5, 5.41) is 9.05. The number of benzene rings is 1. The number of rotatable bonds is 8. The van der Waals surface area contributed by atoms with Gasteiger partial charge < -0.3 is 0 Å². The van der Waals surface area contributed by atoms with Crippen LogP contribution in [0.4, 0.5) is 0 Å². The molecule has 1 aromatic carbocycles. The van der Waals surface area contributed by atoms with Gasteiger partial charge in [0.1, 0.15) is 0 Å². The highest BCUT2D eigenvalue weighted by atomic mass is 32.2. The SMILES string of the molecule is C=C(C)CSc1nn(CN(C)Cc2cnn(-c3ccccc3)c2)c(=S)s1. The molecule has 0 amide bonds. The predicted octanol–water partition coefficient (Wildman–Crippen LogP) is 4.62. The van der Waals surface area contributed by atoms with Crippen LogP contribution < -0.4 is 0 Å². The van der Waals surface area contributed by atoms with E-state index in [2.05, 4.69) is 34.9 Å². The topological polar surface area (TPSA) is 38.9 Å². The molecule has 0 atom stereocenters. The average Bonchev–Trinajstić information content (AvgIpc) is 3.21. The summed E-state index contributed by atoms with van der Waals surface area (Å²) < 4.78 is 5.55. The minimum atomic E-state index is 0.652. The molecule has 0 bridgehead atoms. The molecule has 0 radical (unpaired) electrons. The first-order valence-electron chi connectivity index (χ1n) is 8.14. The van der Waals surface area contributed by atoms with Gasteiger partial charge in [0.15, 0.2) is 8.29 Å². The number of thioether (sulfide) groups is 1. The van der Waals surface area contributed by atoms with E-state index in [-0.39, 0.29) is 0 Å². The lowest BCUT2D eigenvalue weighted by Gasteiger charge is -2.15. The van der Waals surface area contributed by atoms with Crippen LogP contribution in [0.5, 0.6) is 0 Å². The lowest BCUT2D eigenvalue weighted by atomic mass is 10.3. The minimum absolute atomic E-state index is 0.652. The monoisotopic (exact) mass is 403 g/mol. The molecule has 0 unspecified atom stereocenters. The van der Waals surface area contributed by atoms with Gasteiger partial charge in [-0.25, -0.2) is 9.36 Å². The fraction of sp³-hybridized carbons (Fsp3) is 0.278. The molecule has 3 rings (SSSR count). The Morgan fingerprint density at radius 1 is 1.35 bits per heavy atom. The Morgan fingerprint density at radius 3 is 2.85 bits per heavy atom. The molecule has 0 saturated carbocycles. The highest BCUT2D eigenvalue weighted by Gasteiger charge is 2.09. The van der Waals surface area contributed by atoms with Crippen molar-refractivity contribution in [3.8, 4) is 5.69 Å². The molecule has 8 heteroatoms. The van der Waals surface area contributed by atoms with Crippen molar-refractivity contribution in [2.24, 2.45) is 0 Å². The Kier molecular flexibility index (Phi) is 6.42. The summed E-state index contributed by atoms with van der Waals surface area (Å²) in [4.78, 5) is 2.18. The molecule has 0 N–H and O–H groups in total. The number of aromatic nitrogens is 4. The van der Waals surface area contributed by atoms with Gasteiger partial charge in [0.05, 0.1) is 18.6 Å². The summed E-state index contributed by atoms with van der Waals surface area (Å²) in [7, 11) is 2.06. The van der Waals surface area contributed by atoms with E-state index in [4.69, 9.17) is 12.2 Å². The number of nitrogens with zero attached hydrogens (tertiary/aromatic N) is 5. The van der Waals surface area contributed by atoms with Gasteiger partial charge in [-0.2, -0.15) is 10.2 Å². The summed E-state index contributed by atoms with van der Waals surface area (Å²) in [6, 6.07) is 10.1. The lowest BCUT2D eigenvalue weighted by molar-refractivity contribution is 0.243. The smallest absolute Gasteiger partial charge is 0.181 e. The zero-order chi connectivity index (χ0) is 18.5. The Hall–Kier alpha value is -1.74. The van der Waals surface area contributed by atoms with Crippen molar-refractivity contribution in [3.63, 3.8) is 0 Å². The number of hydrogen-bond donors (Lipinski definition) is 0. The van der Waals surface area contributed by atoms with Crippen molar-refractivity contribution in [2.75, 3.05) is 12.8 Å². The van der Waals surface area contributed by atoms with Gasteiger partial charge in [-0.15, -0.1) is 0 Å². The summed E-state index contributed by atoms with van der Waals surface area (Å²) >= 11 is 8.68. The summed E-state index contributed by atoms with van der Waals surface area (Å²) in [5.41, 5.74) is 3.34. The quantitative estimate of drug-likeness (QED) is 0.312. The highest BCUT2D eigenvalue weighted by Crippen LogP contribution is 2.23. The van der Waals surface area contributed by atoms with Crippen molar-refractivity contribution in [3.05, 3.63) is 64.4 Å². The van der Waals surface area contributed by atoms with Crippen molar-refractivity contribution in [1.29, 1.82) is 0 Å². The van der Waals surface area contributed by atoms with E-state index >= 15 is 0 Å². The van der Waals surface area contributed by atoms with E-state index in [1.54, 1.807) is 23.1 Å². The third-order valence-electron chi connectivity index (χ3n) is 3.51. The van der Waals surface area contributed by atoms with Crippen LogP contribution in [-0.2, 0) is 13.2 Å². The minimum Gasteiger partial charge on any atom is -0.283 e.